The Kier molecular flexibility index (Phi) is 4.46. The van der Waals surface area contributed by atoms with Gasteiger partial charge in [0, 0.05) is 10.6 Å². The third-order valence-corrected chi connectivity index (χ3v) is 6.87. The van der Waals surface area contributed by atoms with Crippen LogP contribution in [0.4, 0.5) is 0 Å². The van der Waals surface area contributed by atoms with Crippen LogP contribution in [0.15, 0.2) is 59.5 Å². The molecule has 2 aromatic carbocycles. The molecule has 4 nitrogen and oxygen atoms in total. The zero-order chi connectivity index (χ0) is 16.4. The van der Waals surface area contributed by atoms with Gasteiger partial charge in [0.1, 0.15) is 5.25 Å². The molecule has 0 aliphatic carbocycles. The van der Waals surface area contributed by atoms with Gasteiger partial charge in [-0.3, -0.25) is 9.52 Å². The maximum atomic E-state index is 12.5. The number of benzene rings is 2. The van der Waals surface area contributed by atoms with Gasteiger partial charge < -0.3 is 0 Å². The zero-order valence-electron chi connectivity index (χ0n) is 12.6. The molecule has 3 rings (SSSR count). The van der Waals surface area contributed by atoms with Crippen LogP contribution in [-0.2, 0) is 14.8 Å². The Bertz CT molecular complexity index is 819. The van der Waals surface area contributed by atoms with Crippen molar-refractivity contribution < 1.29 is 13.2 Å². The van der Waals surface area contributed by atoms with Crippen molar-refractivity contribution in [1.82, 2.24) is 4.72 Å². The zero-order valence-corrected chi connectivity index (χ0v) is 14.2. The highest BCUT2D eigenvalue weighted by atomic mass is 32.2. The number of hydrogen-bond acceptors (Lipinski definition) is 4. The number of sulfonamides is 1. The molecular formula is C17H17NO3S2. The molecule has 6 heteroatoms. The summed E-state index contributed by atoms with van der Waals surface area (Å²) in [5.74, 6) is -0.306. The first-order valence-electron chi connectivity index (χ1n) is 7.31. The molecule has 0 fully saturated rings. The SMILES string of the molecule is CC(c1ccccc1)S(=O)(=O)NC(=O)C1CSc2ccccc21. The van der Waals surface area contributed by atoms with Gasteiger partial charge in [-0.15, -0.1) is 11.8 Å². The van der Waals surface area contributed by atoms with E-state index in [0.29, 0.717) is 11.3 Å². The Balaban J connectivity index is 1.78. The summed E-state index contributed by atoms with van der Waals surface area (Å²) < 4.78 is 27.2. The van der Waals surface area contributed by atoms with Crippen molar-refractivity contribution in [3.05, 3.63) is 65.7 Å². The smallest absolute Gasteiger partial charge is 0.241 e. The third kappa shape index (κ3) is 3.28. The minimum absolute atomic E-state index is 0.422. The molecule has 23 heavy (non-hydrogen) atoms. The maximum Gasteiger partial charge on any atom is 0.241 e. The van der Waals surface area contributed by atoms with E-state index in [4.69, 9.17) is 0 Å². The lowest BCUT2D eigenvalue weighted by Crippen LogP contribution is -2.37. The summed E-state index contributed by atoms with van der Waals surface area (Å²) in [4.78, 5) is 13.5. The van der Waals surface area contributed by atoms with E-state index in [1.807, 2.05) is 30.3 Å². The largest absolute Gasteiger partial charge is 0.273 e. The molecule has 2 aromatic rings. The summed E-state index contributed by atoms with van der Waals surface area (Å²) in [5.41, 5.74) is 1.56. The molecule has 0 saturated carbocycles. The number of carbonyl (C=O) groups is 1. The van der Waals surface area contributed by atoms with E-state index in [0.717, 1.165) is 10.5 Å². The molecule has 2 atom stereocenters. The molecule has 1 amide bonds. The van der Waals surface area contributed by atoms with Crippen molar-refractivity contribution in [2.75, 3.05) is 5.75 Å². The first kappa shape index (κ1) is 16.1. The van der Waals surface area contributed by atoms with Gasteiger partial charge in [-0.2, -0.15) is 0 Å². The second-order valence-electron chi connectivity index (χ2n) is 5.47. The minimum Gasteiger partial charge on any atom is -0.273 e. The number of hydrogen-bond donors (Lipinski definition) is 1. The van der Waals surface area contributed by atoms with Crippen LogP contribution in [0, 0.1) is 0 Å². The molecular weight excluding hydrogens is 330 g/mol. The normalized spacial score (nSPS) is 18.2. The van der Waals surface area contributed by atoms with Crippen molar-refractivity contribution in [2.24, 2.45) is 0 Å². The molecule has 2 unspecified atom stereocenters. The fourth-order valence-electron chi connectivity index (χ4n) is 2.58. The van der Waals surface area contributed by atoms with Crippen LogP contribution in [0.25, 0.3) is 0 Å². The van der Waals surface area contributed by atoms with Gasteiger partial charge in [0.05, 0.1) is 5.92 Å². The van der Waals surface area contributed by atoms with Gasteiger partial charge in [0.15, 0.2) is 0 Å². The van der Waals surface area contributed by atoms with Crippen molar-refractivity contribution in [2.45, 2.75) is 23.0 Å². The quantitative estimate of drug-likeness (QED) is 0.923. The van der Waals surface area contributed by atoms with Crippen LogP contribution in [-0.4, -0.2) is 20.1 Å². The van der Waals surface area contributed by atoms with Gasteiger partial charge in [-0.05, 0) is 24.1 Å². The first-order valence-corrected chi connectivity index (χ1v) is 9.84. The van der Waals surface area contributed by atoms with Crippen molar-refractivity contribution in [3.63, 3.8) is 0 Å². The Morgan fingerprint density at radius 2 is 1.78 bits per heavy atom. The fourth-order valence-corrected chi connectivity index (χ4v) is 4.93. The Morgan fingerprint density at radius 1 is 1.13 bits per heavy atom. The predicted molar refractivity (Wildman–Crippen MR) is 91.8 cm³/mol. The topological polar surface area (TPSA) is 63.2 Å². The number of carbonyl (C=O) groups excluding carboxylic acids is 1. The van der Waals surface area contributed by atoms with E-state index in [1.54, 1.807) is 43.0 Å². The van der Waals surface area contributed by atoms with Crippen LogP contribution >= 0.6 is 11.8 Å². The Morgan fingerprint density at radius 3 is 2.52 bits per heavy atom. The Labute approximate surface area is 140 Å². The van der Waals surface area contributed by atoms with Gasteiger partial charge in [-0.25, -0.2) is 8.42 Å². The highest BCUT2D eigenvalue weighted by Gasteiger charge is 2.33. The van der Waals surface area contributed by atoms with Crippen molar-refractivity contribution in [3.8, 4) is 0 Å². The molecule has 0 saturated heterocycles. The monoisotopic (exact) mass is 347 g/mol. The average molecular weight is 347 g/mol. The highest BCUT2D eigenvalue weighted by molar-refractivity contribution is 7.99. The van der Waals surface area contributed by atoms with E-state index in [1.165, 1.54) is 0 Å². The maximum absolute atomic E-state index is 12.5. The van der Waals surface area contributed by atoms with E-state index in [-0.39, 0.29) is 0 Å². The first-order chi connectivity index (χ1) is 11.0. The van der Waals surface area contributed by atoms with E-state index in [2.05, 4.69) is 4.72 Å². The lowest BCUT2D eigenvalue weighted by molar-refractivity contribution is -0.120. The van der Waals surface area contributed by atoms with Gasteiger partial charge in [0.25, 0.3) is 0 Å². The van der Waals surface area contributed by atoms with Gasteiger partial charge >= 0.3 is 0 Å². The molecule has 0 bridgehead atoms. The molecule has 0 spiro atoms. The lowest BCUT2D eigenvalue weighted by Gasteiger charge is -2.16. The fraction of sp³-hybridized carbons (Fsp3) is 0.235. The Hall–Kier alpha value is -1.79. The second-order valence-corrected chi connectivity index (χ2v) is 8.53. The minimum atomic E-state index is -3.76. The summed E-state index contributed by atoms with van der Waals surface area (Å²) in [6, 6.07) is 16.5. The third-order valence-electron chi connectivity index (χ3n) is 3.99. The summed E-state index contributed by atoms with van der Waals surface area (Å²) >= 11 is 1.58. The number of thioether (sulfide) groups is 1. The average Bonchev–Trinajstić information content (AvgIpc) is 2.98. The molecule has 120 valence electrons. The molecule has 0 radical (unpaired) electrons. The van der Waals surface area contributed by atoms with Crippen LogP contribution in [0.5, 0.6) is 0 Å². The van der Waals surface area contributed by atoms with Crippen LogP contribution in [0.3, 0.4) is 0 Å². The summed E-state index contributed by atoms with van der Waals surface area (Å²) in [6.07, 6.45) is 0. The summed E-state index contributed by atoms with van der Waals surface area (Å²) in [7, 11) is -3.76. The van der Waals surface area contributed by atoms with E-state index in [9.17, 15) is 13.2 Å². The van der Waals surface area contributed by atoms with Crippen LogP contribution < -0.4 is 4.72 Å². The number of fused-ring (bicyclic) bond motifs is 1. The van der Waals surface area contributed by atoms with E-state index < -0.39 is 27.1 Å². The summed E-state index contributed by atoms with van der Waals surface area (Å²) in [6.45, 7) is 1.59. The molecule has 1 aliphatic heterocycles. The number of nitrogens with one attached hydrogen (secondary N) is 1. The number of amides is 1. The van der Waals surface area contributed by atoms with Gasteiger partial charge in [0.2, 0.25) is 15.9 Å². The number of rotatable bonds is 4. The predicted octanol–water partition coefficient (Wildman–Crippen LogP) is 3.08. The molecule has 1 N–H and O–H groups in total. The molecule has 1 heterocycles. The lowest BCUT2D eigenvalue weighted by atomic mass is 10.0. The molecule has 1 aliphatic rings. The van der Waals surface area contributed by atoms with Crippen LogP contribution in [0.2, 0.25) is 0 Å². The molecule has 0 aromatic heterocycles. The van der Waals surface area contributed by atoms with Crippen molar-refractivity contribution in [1.29, 1.82) is 0 Å². The van der Waals surface area contributed by atoms with Crippen molar-refractivity contribution >= 4 is 27.7 Å². The van der Waals surface area contributed by atoms with Gasteiger partial charge in [-0.1, -0.05) is 48.5 Å². The highest BCUT2D eigenvalue weighted by Crippen LogP contribution is 2.39. The van der Waals surface area contributed by atoms with E-state index >= 15 is 0 Å². The summed E-state index contributed by atoms with van der Waals surface area (Å²) in [5, 5.41) is -0.781. The second kappa shape index (κ2) is 6.37. The standard InChI is InChI=1S/C17H17NO3S2/c1-12(13-7-3-2-4-8-13)23(20,21)18-17(19)15-11-22-16-10-6-5-9-14(15)16/h2-10,12,15H,11H2,1H3,(H,18,19). The van der Waals surface area contributed by atoms with Crippen LogP contribution in [0.1, 0.15) is 29.2 Å².